The van der Waals surface area contributed by atoms with Crippen molar-refractivity contribution < 1.29 is 0 Å². The van der Waals surface area contributed by atoms with Crippen LogP contribution in [0.5, 0.6) is 0 Å². The molecule has 1 aliphatic heterocycles. The molecule has 0 aliphatic carbocycles. The highest BCUT2D eigenvalue weighted by atomic mass is 15.2. The number of nitrogens with one attached hydrogen (secondary N) is 1. The van der Waals surface area contributed by atoms with Gasteiger partial charge in [-0.1, -0.05) is 18.2 Å². The van der Waals surface area contributed by atoms with Gasteiger partial charge < -0.3 is 10.2 Å². The van der Waals surface area contributed by atoms with E-state index in [1.165, 1.54) is 19.3 Å². The first-order valence-corrected chi connectivity index (χ1v) is 10.5. The molecule has 0 bridgehead atoms. The molecule has 4 aromatic rings. The van der Waals surface area contributed by atoms with Crippen LogP contribution in [-0.2, 0) is 6.54 Å². The molecule has 30 heavy (non-hydrogen) atoms. The van der Waals surface area contributed by atoms with Crippen molar-refractivity contribution >= 4 is 22.7 Å². The average Bonchev–Trinajstić information content (AvgIpc) is 2.83. The molecule has 4 heterocycles. The lowest BCUT2D eigenvalue weighted by atomic mass is 10.1. The minimum Gasteiger partial charge on any atom is -0.357 e. The Hall–Kier alpha value is -3.54. The molecule has 3 aromatic heterocycles. The van der Waals surface area contributed by atoms with Crippen LogP contribution in [0.4, 0.5) is 11.8 Å². The van der Waals surface area contributed by atoms with Crippen molar-refractivity contribution in [3.63, 3.8) is 0 Å². The summed E-state index contributed by atoms with van der Waals surface area (Å²) in [4.78, 5) is 20.4. The van der Waals surface area contributed by atoms with E-state index in [0.29, 0.717) is 12.5 Å². The Morgan fingerprint density at radius 3 is 2.67 bits per heavy atom. The lowest BCUT2D eigenvalue weighted by molar-refractivity contribution is 0.573. The zero-order valence-corrected chi connectivity index (χ0v) is 16.8. The van der Waals surface area contributed by atoms with Gasteiger partial charge >= 0.3 is 0 Å². The minimum absolute atomic E-state index is 0.610. The van der Waals surface area contributed by atoms with Gasteiger partial charge in [0, 0.05) is 49.2 Å². The van der Waals surface area contributed by atoms with Gasteiger partial charge in [0.25, 0.3) is 0 Å². The molecule has 0 radical (unpaired) electrons. The second-order valence-electron chi connectivity index (χ2n) is 7.60. The quantitative estimate of drug-likeness (QED) is 0.528. The molecule has 1 saturated heterocycles. The number of pyridine rings is 2. The molecule has 6 heteroatoms. The van der Waals surface area contributed by atoms with Crippen LogP contribution in [0.3, 0.4) is 0 Å². The first kappa shape index (κ1) is 18.5. The van der Waals surface area contributed by atoms with Gasteiger partial charge in [-0.05, 0) is 55.2 Å². The third-order valence-electron chi connectivity index (χ3n) is 5.49. The van der Waals surface area contributed by atoms with E-state index >= 15 is 0 Å². The molecular weight excluding hydrogens is 372 g/mol. The summed E-state index contributed by atoms with van der Waals surface area (Å²) < 4.78 is 0. The fourth-order valence-corrected chi connectivity index (χ4v) is 3.85. The van der Waals surface area contributed by atoms with E-state index in [2.05, 4.69) is 54.4 Å². The first-order chi connectivity index (χ1) is 14.8. The molecule has 1 aliphatic rings. The summed E-state index contributed by atoms with van der Waals surface area (Å²) >= 11 is 0. The van der Waals surface area contributed by atoms with Crippen LogP contribution in [0.25, 0.3) is 22.2 Å². The van der Waals surface area contributed by atoms with E-state index in [9.17, 15) is 0 Å². The predicted molar refractivity (Wildman–Crippen MR) is 120 cm³/mol. The monoisotopic (exact) mass is 396 g/mol. The molecule has 0 unspecified atom stereocenters. The SMILES string of the molecule is c1cnc2ccc(-c3ccnc(NCc4ccc(N5CCCCC5)nc4)n3)cc2c1. The Morgan fingerprint density at radius 2 is 1.80 bits per heavy atom. The van der Waals surface area contributed by atoms with Gasteiger partial charge in [-0.25, -0.2) is 15.0 Å². The number of aromatic nitrogens is 4. The van der Waals surface area contributed by atoms with Crippen molar-refractivity contribution in [2.45, 2.75) is 25.8 Å². The normalized spacial score (nSPS) is 14.1. The van der Waals surface area contributed by atoms with E-state index in [1.54, 1.807) is 6.20 Å². The maximum atomic E-state index is 4.68. The molecule has 0 saturated carbocycles. The number of nitrogens with zero attached hydrogens (tertiary/aromatic N) is 5. The van der Waals surface area contributed by atoms with Crippen molar-refractivity contribution in [2.75, 3.05) is 23.3 Å². The van der Waals surface area contributed by atoms with Crippen molar-refractivity contribution in [1.29, 1.82) is 0 Å². The topological polar surface area (TPSA) is 66.8 Å². The van der Waals surface area contributed by atoms with E-state index in [0.717, 1.165) is 46.6 Å². The predicted octanol–water partition coefficient (Wildman–Crippen LogP) is 4.69. The van der Waals surface area contributed by atoms with E-state index in [-0.39, 0.29) is 0 Å². The first-order valence-electron chi connectivity index (χ1n) is 10.5. The maximum absolute atomic E-state index is 4.68. The number of rotatable bonds is 5. The highest BCUT2D eigenvalue weighted by Gasteiger charge is 2.11. The summed E-state index contributed by atoms with van der Waals surface area (Å²) in [6.45, 7) is 2.85. The standard InChI is InChI=1S/C24H24N6/c1-2-13-30(14-3-1)23-9-6-18(16-27-23)17-28-24-26-12-10-22(29-24)20-7-8-21-19(15-20)5-4-11-25-21/h4-12,15-16H,1-3,13-14,17H2,(H,26,28,29). The van der Waals surface area contributed by atoms with Crippen LogP contribution in [0.2, 0.25) is 0 Å². The fraction of sp³-hybridized carbons (Fsp3) is 0.250. The Balaban J connectivity index is 1.27. The smallest absolute Gasteiger partial charge is 0.223 e. The fourth-order valence-electron chi connectivity index (χ4n) is 3.85. The van der Waals surface area contributed by atoms with Crippen molar-refractivity contribution in [3.8, 4) is 11.3 Å². The Labute approximate surface area is 176 Å². The zero-order chi connectivity index (χ0) is 20.2. The van der Waals surface area contributed by atoms with Crippen LogP contribution in [0, 0.1) is 0 Å². The van der Waals surface area contributed by atoms with Gasteiger partial charge in [-0.15, -0.1) is 0 Å². The van der Waals surface area contributed by atoms with Gasteiger partial charge in [-0.3, -0.25) is 4.98 Å². The van der Waals surface area contributed by atoms with E-state index in [1.807, 2.05) is 36.7 Å². The second kappa shape index (κ2) is 8.45. The average molecular weight is 396 g/mol. The highest BCUT2D eigenvalue weighted by Crippen LogP contribution is 2.23. The number of fused-ring (bicyclic) bond motifs is 1. The number of piperidine rings is 1. The highest BCUT2D eigenvalue weighted by molar-refractivity contribution is 5.83. The summed E-state index contributed by atoms with van der Waals surface area (Å²) in [5.74, 6) is 1.68. The number of hydrogen-bond acceptors (Lipinski definition) is 6. The third-order valence-corrected chi connectivity index (χ3v) is 5.49. The Morgan fingerprint density at radius 1 is 0.867 bits per heavy atom. The molecule has 1 aromatic carbocycles. The molecule has 0 amide bonds. The molecule has 0 atom stereocenters. The van der Waals surface area contributed by atoms with E-state index < -0.39 is 0 Å². The number of hydrogen-bond donors (Lipinski definition) is 1. The molecular formula is C24H24N6. The van der Waals surface area contributed by atoms with Crippen LogP contribution in [0.1, 0.15) is 24.8 Å². The van der Waals surface area contributed by atoms with Gasteiger partial charge in [-0.2, -0.15) is 0 Å². The number of benzene rings is 1. The maximum Gasteiger partial charge on any atom is 0.223 e. The molecule has 150 valence electrons. The third kappa shape index (κ3) is 4.08. The van der Waals surface area contributed by atoms with Gasteiger partial charge in [0.05, 0.1) is 11.2 Å². The van der Waals surface area contributed by atoms with Crippen molar-refractivity contribution in [3.05, 3.63) is 72.7 Å². The molecule has 1 fully saturated rings. The van der Waals surface area contributed by atoms with Crippen LogP contribution < -0.4 is 10.2 Å². The molecule has 5 rings (SSSR count). The lowest BCUT2D eigenvalue weighted by Gasteiger charge is -2.27. The summed E-state index contributed by atoms with van der Waals surface area (Å²) in [6, 6.07) is 16.4. The summed E-state index contributed by atoms with van der Waals surface area (Å²) in [5, 5.41) is 4.42. The zero-order valence-electron chi connectivity index (χ0n) is 16.8. The molecule has 1 N–H and O–H groups in total. The Kier molecular flexibility index (Phi) is 5.21. The van der Waals surface area contributed by atoms with Crippen LogP contribution in [-0.4, -0.2) is 33.0 Å². The Bertz CT molecular complexity index is 1140. The van der Waals surface area contributed by atoms with Crippen molar-refractivity contribution in [2.24, 2.45) is 0 Å². The van der Waals surface area contributed by atoms with Gasteiger partial charge in [0.1, 0.15) is 5.82 Å². The molecule has 6 nitrogen and oxygen atoms in total. The van der Waals surface area contributed by atoms with Crippen LogP contribution >= 0.6 is 0 Å². The number of anilines is 2. The van der Waals surface area contributed by atoms with Gasteiger partial charge in [0.15, 0.2) is 0 Å². The largest absolute Gasteiger partial charge is 0.357 e. The second-order valence-corrected chi connectivity index (χ2v) is 7.60. The van der Waals surface area contributed by atoms with Crippen molar-refractivity contribution in [1.82, 2.24) is 19.9 Å². The summed E-state index contributed by atoms with van der Waals surface area (Å²) in [7, 11) is 0. The van der Waals surface area contributed by atoms with E-state index in [4.69, 9.17) is 0 Å². The van der Waals surface area contributed by atoms with Crippen LogP contribution in [0.15, 0.2) is 67.1 Å². The van der Waals surface area contributed by atoms with Gasteiger partial charge in [0.2, 0.25) is 5.95 Å². The lowest BCUT2D eigenvalue weighted by Crippen LogP contribution is -2.30. The molecule has 0 spiro atoms. The minimum atomic E-state index is 0.610. The summed E-state index contributed by atoms with van der Waals surface area (Å²) in [6.07, 6.45) is 9.38. The summed E-state index contributed by atoms with van der Waals surface area (Å²) in [5.41, 5.74) is 4.03.